The number of imide groups is 1. The summed E-state index contributed by atoms with van der Waals surface area (Å²) in [7, 11) is 0. The minimum Gasteiger partial charge on any atom is -0.324 e. The van der Waals surface area contributed by atoms with Gasteiger partial charge in [-0.25, -0.2) is 0 Å². The van der Waals surface area contributed by atoms with Gasteiger partial charge in [0.15, 0.2) is 0 Å². The van der Waals surface area contributed by atoms with Crippen LogP contribution in [0.4, 0.5) is 5.69 Å². The number of rotatable bonds is 3. The first-order chi connectivity index (χ1) is 10.3. The molecule has 1 N–H and O–H groups in total. The number of thioether (sulfide) groups is 1. The van der Waals surface area contributed by atoms with Crippen molar-refractivity contribution in [1.82, 2.24) is 4.90 Å². The predicted molar refractivity (Wildman–Crippen MR) is 87.8 cm³/mol. The van der Waals surface area contributed by atoms with Crippen molar-refractivity contribution in [2.45, 2.75) is 38.2 Å². The summed E-state index contributed by atoms with van der Waals surface area (Å²) in [6.07, 6.45) is 0. The number of amides is 3. The molecule has 0 radical (unpaired) electrons. The van der Waals surface area contributed by atoms with Gasteiger partial charge in [-0.1, -0.05) is 12.1 Å². The molecule has 0 saturated carbocycles. The first-order valence-electron chi connectivity index (χ1n) is 7.18. The second kappa shape index (κ2) is 6.52. The van der Waals surface area contributed by atoms with Crippen molar-refractivity contribution >= 4 is 35.2 Å². The Morgan fingerprint density at radius 3 is 2.36 bits per heavy atom. The molecule has 0 bridgehead atoms. The van der Waals surface area contributed by atoms with E-state index in [1.807, 2.05) is 26.0 Å². The molecule has 5 nitrogen and oxygen atoms in total. The van der Waals surface area contributed by atoms with Gasteiger partial charge in [0.25, 0.3) is 0 Å². The molecule has 1 aliphatic rings. The van der Waals surface area contributed by atoms with E-state index < -0.39 is 0 Å². The summed E-state index contributed by atoms with van der Waals surface area (Å²) < 4.78 is 0. The smallest absolute Gasteiger partial charge is 0.244 e. The van der Waals surface area contributed by atoms with Crippen molar-refractivity contribution in [2.75, 3.05) is 11.9 Å². The molecule has 3 amide bonds. The lowest BCUT2D eigenvalue weighted by Gasteiger charge is -2.31. The first kappa shape index (κ1) is 16.5. The quantitative estimate of drug-likeness (QED) is 0.866. The number of carbonyl (C=O) groups excluding carboxylic acids is 3. The number of nitrogens with one attached hydrogen (secondary N) is 1. The van der Waals surface area contributed by atoms with Crippen LogP contribution in [0.15, 0.2) is 18.2 Å². The van der Waals surface area contributed by atoms with Crippen LogP contribution in [0.1, 0.15) is 25.0 Å². The van der Waals surface area contributed by atoms with Crippen LogP contribution in [0.25, 0.3) is 0 Å². The fourth-order valence-electron chi connectivity index (χ4n) is 2.35. The second-order valence-electron chi connectivity index (χ2n) is 5.48. The third-order valence-corrected chi connectivity index (χ3v) is 5.04. The highest BCUT2D eigenvalue weighted by atomic mass is 32.2. The van der Waals surface area contributed by atoms with E-state index in [0.717, 1.165) is 16.0 Å². The van der Waals surface area contributed by atoms with E-state index in [0.29, 0.717) is 5.69 Å². The molecule has 0 unspecified atom stereocenters. The summed E-state index contributed by atoms with van der Waals surface area (Å²) in [5, 5.41) is 2.17. The molecule has 1 aromatic rings. The summed E-state index contributed by atoms with van der Waals surface area (Å²) >= 11 is 1.32. The summed E-state index contributed by atoms with van der Waals surface area (Å²) in [6, 6.07) is 5.63. The lowest BCUT2D eigenvalue weighted by atomic mass is 10.1. The number of aryl methyl sites for hydroxylation is 1. The molecule has 6 heteroatoms. The highest BCUT2D eigenvalue weighted by Gasteiger charge is 2.38. The van der Waals surface area contributed by atoms with E-state index in [9.17, 15) is 14.4 Å². The average molecular weight is 320 g/mol. The summed E-state index contributed by atoms with van der Waals surface area (Å²) in [6.45, 7) is 7.16. The first-order valence-corrected chi connectivity index (χ1v) is 8.12. The van der Waals surface area contributed by atoms with E-state index in [-0.39, 0.29) is 34.8 Å². The van der Waals surface area contributed by atoms with Gasteiger partial charge >= 0.3 is 0 Å². The number of anilines is 1. The van der Waals surface area contributed by atoms with Crippen LogP contribution in [0.5, 0.6) is 0 Å². The van der Waals surface area contributed by atoms with E-state index >= 15 is 0 Å². The summed E-state index contributed by atoms with van der Waals surface area (Å²) in [4.78, 5) is 37.4. The Kier molecular flexibility index (Phi) is 4.90. The second-order valence-corrected chi connectivity index (χ2v) is 7.17. The molecule has 2 rings (SSSR count). The lowest BCUT2D eigenvalue weighted by molar-refractivity contribution is -0.147. The molecule has 118 valence electrons. The Bertz CT molecular complexity index is 610. The fourth-order valence-corrected chi connectivity index (χ4v) is 3.45. The van der Waals surface area contributed by atoms with Crippen molar-refractivity contribution in [3.8, 4) is 0 Å². The zero-order valence-corrected chi connectivity index (χ0v) is 14.0. The van der Waals surface area contributed by atoms with Gasteiger partial charge in [-0.15, -0.1) is 11.8 Å². The Morgan fingerprint density at radius 2 is 1.77 bits per heavy atom. The van der Waals surface area contributed by atoms with Crippen molar-refractivity contribution in [2.24, 2.45) is 0 Å². The van der Waals surface area contributed by atoms with Crippen LogP contribution in [0.2, 0.25) is 0 Å². The van der Waals surface area contributed by atoms with Crippen molar-refractivity contribution in [3.63, 3.8) is 0 Å². The van der Waals surface area contributed by atoms with Crippen LogP contribution < -0.4 is 5.32 Å². The average Bonchev–Trinajstić information content (AvgIpc) is 2.46. The van der Waals surface area contributed by atoms with E-state index in [2.05, 4.69) is 5.32 Å². The van der Waals surface area contributed by atoms with Crippen LogP contribution in [0, 0.1) is 13.8 Å². The summed E-state index contributed by atoms with van der Waals surface area (Å²) in [5.41, 5.74) is 2.75. The minimum atomic E-state index is -0.360. The van der Waals surface area contributed by atoms with Crippen LogP contribution in [-0.2, 0) is 14.4 Å². The molecular formula is C16H20N2O3S. The number of nitrogens with zero attached hydrogens (tertiary/aromatic N) is 1. The van der Waals surface area contributed by atoms with Gasteiger partial charge in [-0.05, 0) is 44.9 Å². The molecular weight excluding hydrogens is 300 g/mol. The number of hydrogen-bond acceptors (Lipinski definition) is 4. The SMILES string of the molecule is Cc1cccc(NC(=O)CN2C(=O)[C@@H](C)S[C@H](C)C2=O)c1C. The van der Waals surface area contributed by atoms with Gasteiger partial charge in [-0.3, -0.25) is 19.3 Å². The highest BCUT2D eigenvalue weighted by molar-refractivity contribution is 8.02. The highest BCUT2D eigenvalue weighted by Crippen LogP contribution is 2.27. The Balaban J connectivity index is 2.09. The largest absolute Gasteiger partial charge is 0.324 e. The molecule has 0 aliphatic carbocycles. The Hall–Kier alpha value is -1.82. The molecule has 0 spiro atoms. The minimum absolute atomic E-state index is 0.236. The van der Waals surface area contributed by atoms with E-state index in [1.54, 1.807) is 19.9 Å². The Morgan fingerprint density at radius 1 is 1.18 bits per heavy atom. The molecule has 1 aliphatic heterocycles. The van der Waals surface area contributed by atoms with Crippen molar-refractivity contribution in [1.29, 1.82) is 0 Å². The van der Waals surface area contributed by atoms with Gasteiger partial charge in [0, 0.05) is 5.69 Å². The molecule has 0 aromatic heterocycles. The number of benzene rings is 1. The molecule has 2 atom stereocenters. The molecule has 1 fully saturated rings. The molecule has 1 heterocycles. The fraction of sp³-hybridized carbons (Fsp3) is 0.438. The number of hydrogen-bond donors (Lipinski definition) is 1. The maximum atomic E-state index is 12.2. The molecule has 1 aromatic carbocycles. The van der Waals surface area contributed by atoms with Gasteiger partial charge in [-0.2, -0.15) is 0 Å². The standard InChI is InChI=1S/C16H20N2O3S/c1-9-6-5-7-13(10(9)2)17-14(19)8-18-15(20)11(3)22-12(4)16(18)21/h5-7,11-12H,8H2,1-4H3,(H,17,19)/t11-,12-/m1/s1. The van der Waals surface area contributed by atoms with Crippen LogP contribution in [-0.4, -0.2) is 39.7 Å². The summed E-state index contributed by atoms with van der Waals surface area (Å²) in [5.74, 6) is -0.963. The topological polar surface area (TPSA) is 66.5 Å². The number of carbonyl (C=O) groups is 3. The van der Waals surface area contributed by atoms with Crippen LogP contribution in [0.3, 0.4) is 0 Å². The van der Waals surface area contributed by atoms with Gasteiger partial charge in [0.05, 0.1) is 10.5 Å². The molecule has 22 heavy (non-hydrogen) atoms. The predicted octanol–water partition coefficient (Wildman–Crippen LogP) is 2.12. The third kappa shape index (κ3) is 3.32. The normalized spacial score (nSPS) is 21.9. The van der Waals surface area contributed by atoms with Gasteiger partial charge < -0.3 is 5.32 Å². The van der Waals surface area contributed by atoms with Crippen molar-refractivity contribution in [3.05, 3.63) is 29.3 Å². The monoisotopic (exact) mass is 320 g/mol. The zero-order chi connectivity index (χ0) is 16.4. The zero-order valence-electron chi connectivity index (χ0n) is 13.2. The maximum Gasteiger partial charge on any atom is 0.244 e. The molecule has 1 saturated heterocycles. The van der Waals surface area contributed by atoms with Crippen LogP contribution >= 0.6 is 11.8 Å². The maximum absolute atomic E-state index is 12.2. The van der Waals surface area contributed by atoms with E-state index in [1.165, 1.54) is 11.8 Å². The third-order valence-electron chi connectivity index (χ3n) is 3.82. The lowest BCUT2D eigenvalue weighted by Crippen LogP contribution is -2.52. The van der Waals surface area contributed by atoms with Gasteiger partial charge in [0.2, 0.25) is 17.7 Å². The van der Waals surface area contributed by atoms with Crippen molar-refractivity contribution < 1.29 is 14.4 Å². The Labute approximate surface area is 134 Å². The van der Waals surface area contributed by atoms with E-state index in [4.69, 9.17) is 0 Å². The van der Waals surface area contributed by atoms with Gasteiger partial charge in [0.1, 0.15) is 6.54 Å².